The number of carbonyl (C=O) groups excluding carboxylic acids is 2. The second-order valence-corrected chi connectivity index (χ2v) is 6.54. The lowest BCUT2D eigenvalue weighted by Gasteiger charge is -2.16. The first kappa shape index (κ1) is 18.9. The molecule has 0 aromatic heterocycles. The molecule has 1 fully saturated rings. The molecule has 142 valence electrons. The van der Waals surface area contributed by atoms with Crippen molar-refractivity contribution in [2.45, 2.75) is 19.4 Å². The van der Waals surface area contributed by atoms with Gasteiger partial charge in [-0.15, -0.1) is 0 Å². The minimum atomic E-state index is -0.493. The Morgan fingerprint density at radius 1 is 1.22 bits per heavy atom. The third-order valence-electron chi connectivity index (χ3n) is 4.67. The molecule has 1 saturated heterocycles. The molecule has 2 aromatic carbocycles. The molecule has 6 heteroatoms. The Morgan fingerprint density at radius 3 is 2.74 bits per heavy atom. The van der Waals surface area contributed by atoms with Gasteiger partial charge in [-0.3, -0.25) is 9.59 Å². The van der Waals surface area contributed by atoms with E-state index in [1.807, 2.05) is 30.3 Å². The van der Waals surface area contributed by atoms with Crippen molar-refractivity contribution in [3.05, 3.63) is 65.5 Å². The van der Waals surface area contributed by atoms with Crippen LogP contribution in [-0.4, -0.2) is 37.0 Å². The van der Waals surface area contributed by atoms with E-state index in [4.69, 9.17) is 9.47 Å². The number of ether oxygens (including phenoxy) is 2. The quantitative estimate of drug-likeness (QED) is 0.702. The van der Waals surface area contributed by atoms with Gasteiger partial charge < -0.3 is 14.4 Å². The summed E-state index contributed by atoms with van der Waals surface area (Å²) in [6.45, 7) is 0.837. The summed E-state index contributed by atoms with van der Waals surface area (Å²) in [7, 11) is 1.47. The van der Waals surface area contributed by atoms with Gasteiger partial charge in [-0.25, -0.2) is 4.39 Å². The summed E-state index contributed by atoms with van der Waals surface area (Å²) in [6, 6.07) is 13.9. The minimum Gasteiger partial charge on any atom is -0.496 e. The molecular weight excluding hydrogens is 349 g/mol. The largest absolute Gasteiger partial charge is 0.496 e. The minimum absolute atomic E-state index is 0.0452. The number of hydrogen-bond acceptors (Lipinski definition) is 4. The fourth-order valence-corrected chi connectivity index (χ4v) is 3.18. The molecule has 0 spiro atoms. The van der Waals surface area contributed by atoms with E-state index in [-0.39, 0.29) is 18.9 Å². The van der Waals surface area contributed by atoms with Crippen molar-refractivity contribution >= 4 is 11.9 Å². The molecule has 1 aliphatic heterocycles. The standard InChI is InChI=1S/C21H22FNO4/c1-26-19-8-7-18(22)11-17(19)14-27-21(25)16-12-20(24)23(13-16)10-9-15-5-3-2-4-6-15/h2-8,11,16H,9-10,12-14H2,1H3/t16-/m1/s1. The van der Waals surface area contributed by atoms with Gasteiger partial charge in [0.2, 0.25) is 5.91 Å². The lowest BCUT2D eigenvalue weighted by molar-refractivity contribution is -0.149. The summed E-state index contributed by atoms with van der Waals surface area (Å²) < 4.78 is 23.8. The highest BCUT2D eigenvalue weighted by atomic mass is 19.1. The maximum Gasteiger partial charge on any atom is 0.311 e. The van der Waals surface area contributed by atoms with E-state index < -0.39 is 17.7 Å². The topological polar surface area (TPSA) is 55.8 Å². The molecule has 0 unspecified atom stereocenters. The zero-order valence-electron chi connectivity index (χ0n) is 15.2. The average molecular weight is 371 g/mol. The Balaban J connectivity index is 1.52. The molecule has 2 aromatic rings. The number of amides is 1. The van der Waals surface area contributed by atoms with Crippen LogP contribution in [0.5, 0.6) is 5.75 Å². The number of methoxy groups -OCH3 is 1. The first-order chi connectivity index (χ1) is 13.1. The molecule has 1 aliphatic rings. The summed E-state index contributed by atoms with van der Waals surface area (Å²) in [4.78, 5) is 26.2. The van der Waals surface area contributed by atoms with Crippen molar-refractivity contribution in [3.8, 4) is 5.75 Å². The first-order valence-corrected chi connectivity index (χ1v) is 8.87. The molecule has 0 bridgehead atoms. The number of nitrogens with zero attached hydrogens (tertiary/aromatic N) is 1. The monoisotopic (exact) mass is 371 g/mol. The van der Waals surface area contributed by atoms with Gasteiger partial charge in [0.1, 0.15) is 18.2 Å². The van der Waals surface area contributed by atoms with Crippen LogP contribution in [0.2, 0.25) is 0 Å². The van der Waals surface area contributed by atoms with E-state index in [1.54, 1.807) is 4.90 Å². The van der Waals surface area contributed by atoms with Crippen LogP contribution in [0, 0.1) is 11.7 Å². The van der Waals surface area contributed by atoms with Crippen LogP contribution < -0.4 is 4.74 Å². The van der Waals surface area contributed by atoms with Gasteiger partial charge in [0, 0.05) is 25.1 Å². The van der Waals surface area contributed by atoms with Gasteiger partial charge in [0.05, 0.1) is 13.0 Å². The molecule has 27 heavy (non-hydrogen) atoms. The second kappa shape index (κ2) is 8.66. The van der Waals surface area contributed by atoms with Gasteiger partial charge >= 0.3 is 5.97 Å². The molecule has 0 N–H and O–H groups in total. The lowest BCUT2D eigenvalue weighted by atomic mass is 10.1. The molecule has 1 atom stereocenters. The number of rotatable bonds is 7. The summed E-state index contributed by atoms with van der Waals surface area (Å²) in [5.74, 6) is -0.956. The Kier molecular flexibility index (Phi) is 6.06. The van der Waals surface area contributed by atoms with Crippen LogP contribution in [-0.2, 0) is 27.4 Å². The third kappa shape index (κ3) is 4.84. The Bertz CT molecular complexity index is 809. The first-order valence-electron chi connectivity index (χ1n) is 8.87. The molecule has 1 amide bonds. The van der Waals surface area contributed by atoms with Crippen molar-refractivity contribution in [2.75, 3.05) is 20.2 Å². The highest BCUT2D eigenvalue weighted by Crippen LogP contribution is 2.23. The van der Waals surface area contributed by atoms with E-state index in [2.05, 4.69) is 0 Å². The molecular formula is C21H22FNO4. The highest BCUT2D eigenvalue weighted by molar-refractivity contribution is 5.86. The Morgan fingerprint density at radius 2 is 2.00 bits per heavy atom. The number of esters is 1. The van der Waals surface area contributed by atoms with E-state index >= 15 is 0 Å². The van der Waals surface area contributed by atoms with Gasteiger partial charge in [0.25, 0.3) is 0 Å². The summed E-state index contributed by atoms with van der Waals surface area (Å²) in [5.41, 5.74) is 1.60. The van der Waals surface area contributed by atoms with Crippen LogP contribution >= 0.6 is 0 Å². The van der Waals surface area contributed by atoms with E-state index in [1.165, 1.54) is 25.3 Å². The van der Waals surface area contributed by atoms with Gasteiger partial charge in [0.15, 0.2) is 0 Å². The van der Waals surface area contributed by atoms with Crippen molar-refractivity contribution in [3.63, 3.8) is 0 Å². The van der Waals surface area contributed by atoms with Crippen LogP contribution in [0.25, 0.3) is 0 Å². The fraction of sp³-hybridized carbons (Fsp3) is 0.333. The van der Waals surface area contributed by atoms with Crippen LogP contribution in [0.3, 0.4) is 0 Å². The predicted molar refractivity (Wildman–Crippen MR) is 97.6 cm³/mol. The number of carbonyl (C=O) groups is 2. The zero-order chi connectivity index (χ0) is 19.2. The number of hydrogen-bond donors (Lipinski definition) is 0. The molecule has 0 radical (unpaired) electrons. The SMILES string of the molecule is COc1ccc(F)cc1COC(=O)[C@@H]1CC(=O)N(CCc2ccccc2)C1. The zero-order valence-corrected chi connectivity index (χ0v) is 15.2. The third-order valence-corrected chi connectivity index (χ3v) is 4.67. The van der Waals surface area contributed by atoms with E-state index in [0.29, 0.717) is 24.4 Å². The highest BCUT2D eigenvalue weighted by Gasteiger charge is 2.35. The summed E-state index contributed by atoms with van der Waals surface area (Å²) in [6.07, 6.45) is 0.892. The number of likely N-dealkylation sites (tertiary alicyclic amines) is 1. The fourth-order valence-electron chi connectivity index (χ4n) is 3.18. The maximum atomic E-state index is 13.4. The van der Waals surface area contributed by atoms with E-state index in [0.717, 1.165) is 12.0 Å². The van der Waals surface area contributed by atoms with Gasteiger partial charge in [-0.1, -0.05) is 30.3 Å². The van der Waals surface area contributed by atoms with Crippen molar-refractivity contribution < 1.29 is 23.5 Å². The van der Waals surface area contributed by atoms with Crippen molar-refractivity contribution in [2.24, 2.45) is 5.92 Å². The molecule has 5 nitrogen and oxygen atoms in total. The Hall–Kier alpha value is -2.89. The summed E-state index contributed by atoms with van der Waals surface area (Å²) in [5, 5.41) is 0. The molecule has 3 rings (SSSR count). The van der Waals surface area contributed by atoms with E-state index in [9.17, 15) is 14.0 Å². The second-order valence-electron chi connectivity index (χ2n) is 6.54. The maximum absolute atomic E-state index is 13.4. The van der Waals surface area contributed by atoms with Crippen molar-refractivity contribution in [1.82, 2.24) is 4.90 Å². The lowest BCUT2D eigenvalue weighted by Crippen LogP contribution is -2.28. The molecule has 0 aliphatic carbocycles. The number of halogens is 1. The van der Waals surface area contributed by atoms with Gasteiger partial charge in [-0.05, 0) is 30.2 Å². The molecule has 0 saturated carbocycles. The van der Waals surface area contributed by atoms with Crippen LogP contribution in [0.15, 0.2) is 48.5 Å². The predicted octanol–water partition coefficient (Wildman–Crippen LogP) is 2.97. The normalized spacial score (nSPS) is 16.4. The molecule has 1 heterocycles. The van der Waals surface area contributed by atoms with Crippen LogP contribution in [0.4, 0.5) is 4.39 Å². The van der Waals surface area contributed by atoms with Gasteiger partial charge in [-0.2, -0.15) is 0 Å². The smallest absolute Gasteiger partial charge is 0.311 e. The summed E-state index contributed by atoms with van der Waals surface area (Å²) >= 11 is 0. The van der Waals surface area contributed by atoms with Crippen LogP contribution in [0.1, 0.15) is 17.5 Å². The Labute approximate surface area is 157 Å². The number of benzene rings is 2. The van der Waals surface area contributed by atoms with Crippen molar-refractivity contribution in [1.29, 1.82) is 0 Å². The average Bonchev–Trinajstić information content (AvgIpc) is 3.06.